The van der Waals surface area contributed by atoms with Crippen molar-refractivity contribution < 1.29 is 28.6 Å². The molecule has 206 valence electrons. The van der Waals surface area contributed by atoms with E-state index in [0.29, 0.717) is 27.1 Å². The van der Waals surface area contributed by atoms with Gasteiger partial charge in [0.05, 0.1) is 16.4 Å². The minimum atomic E-state index is -1.17. The Balaban J connectivity index is 1.40. The molecule has 0 saturated heterocycles. The van der Waals surface area contributed by atoms with Gasteiger partial charge in [-0.25, -0.2) is 18.9 Å². The molecule has 10 nitrogen and oxygen atoms in total. The molecule has 0 radical (unpaired) electrons. The maximum absolute atomic E-state index is 13.2. The van der Waals surface area contributed by atoms with E-state index in [1.165, 1.54) is 16.0 Å². The van der Waals surface area contributed by atoms with Crippen LogP contribution in [0.1, 0.15) is 31.1 Å². The number of carbonyl (C=O) groups excluding carboxylic acids is 1. The Morgan fingerprint density at radius 2 is 1.90 bits per heavy atom. The van der Waals surface area contributed by atoms with E-state index in [1.807, 2.05) is 26.0 Å². The molecule has 0 aliphatic heterocycles. The number of benzene rings is 2. The zero-order valence-corrected chi connectivity index (χ0v) is 23.0. The Morgan fingerprint density at radius 1 is 1.15 bits per heavy atom. The molecule has 2 heterocycles. The number of ether oxygens (including phenoxy) is 2. The van der Waals surface area contributed by atoms with E-state index in [0.717, 1.165) is 10.2 Å². The highest BCUT2D eigenvalue weighted by Gasteiger charge is 2.30. The van der Waals surface area contributed by atoms with Crippen molar-refractivity contribution in [3.05, 3.63) is 59.9 Å². The lowest BCUT2D eigenvalue weighted by atomic mass is 10.0. The first-order chi connectivity index (χ1) is 18.7. The molecule has 0 aliphatic rings. The second-order valence-electron chi connectivity index (χ2n) is 9.08. The Morgan fingerprint density at radius 3 is 2.59 bits per heavy atom. The van der Waals surface area contributed by atoms with E-state index in [-0.39, 0.29) is 25.6 Å². The first-order valence-electron chi connectivity index (χ1n) is 12.2. The van der Waals surface area contributed by atoms with Crippen LogP contribution in [0.5, 0.6) is 11.5 Å². The molecule has 2 N–H and O–H groups in total. The standard InChI is InChI=1S/C26H28FN5O5S2/c1-15(2)23(24(33)28-21(25(34)35)11-16-3-5-18(6-4-16)36-10-9-27)32-13-17(30-31-32)14-37-19-7-8-20-22(12-19)39-26(38)29-20/h3-8,12-13,15,21,23H,9-11,14H2,1-2H3,(H,28,33)(H,29,38)(H,34,35)/t21-,23-/m0/s1. The third-order valence-electron chi connectivity index (χ3n) is 5.80. The summed E-state index contributed by atoms with van der Waals surface area (Å²) >= 11 is 5.73. The average molecular weight is 574 g/mol. The number of carboxylic acids is 1. The van der Waals surface area contributed by atoms with Crippen molar-refractivity contribution in [2.24, 2.45) is 5.92 Å². The zero-order valence-electron chi connectivity index (χ0n) is 21.3. The smallest absolute Gasteiger partial charge is 0.326 e. The maximum Gasteiger partial charge on any atom is 0.326 e. The van der Waals surface area contributed by atoms with Crippen molar-refractivity contribution in [1.29, 1.82) is 0 Å². The summed E-state index contributed by atoms with van der Waals surface area (Å²) in [5.41, 5.74) is 2.03. The lowest BCUT2D eigenvalue weighted by Crippen LogP contribution is -2.46. The van der Waals surface area contributed by atoms with Gasteiger partial charge in [0.15, 0.2) is 0 Å². The molecule has 0 bridgehead atoms. The van der Waals surface area contributed by atoms with Crippen LogP contribution >= 0.6 is 24.0 Å². The summed E-state index contributed by atoms with van der Waals surface area (Å²) in [5, 5.41) is 20.6. The number of aromatic nitrogens is 4. The number of fused-ring (bicyclic) bond motifs is 1. The van der Waals surface area contributed by atoms with E-state index < -0.39 is 30.6 Å². The summed E-state index contributed by atoms with van der Waals surface area (Å²) in [7, 11) is 0. The van der Waals surface area contributed by atoms with Crippen molar-refractivity contribution >= 4 is 46.1 Å². The van der Waals surface area contributed by atoms with Crippen molar-refractivity contribution in [1.82, 2.24) is 25.3 Å². The number of alkyl halides is 1. The molecular weight excluding hydrogens is 545 g/mol. The molecule has 0 unspecified atom stereocenters. The Kier molecular flexibility index (Phi) is 9.36. The van der Waals surface area contributed by atoms with Gasteiger partial charge in [-0.15, -0.1) is 29.1 Å². The summed E-state index contributed by atoms with van der Waals surface area (Å²) in [5.74, 6) is -0.742. The Hall–Kier alpha value is -3.71. The molecule has 4 aromatic rings. The molecule has 0 aliphatic carbocycles. The van der Waals surface area contributed by atoms with Crippen LogP contribution in [0.2, 0.25) is 0 Å². The van der Waals surface area contributed by atoms with Crippen molar-refractivity contribution in [2.75, 3.05) is 13.3 Å². The van der Waals surface area contributed by atoms with Crippen LogP contribution in [0.4, 0.5) is 4.39 Å². The number of aliphatic carboxylic acids is 1. The van der Waals surface area contributed by atoms with Crippen LogP contribution in [-0.4, -0.2) is 56.3 Å². The van der Waals surface area contributed by atoms with Crippen molar-refractivity contribution in [3.8, 4) is 11.5 Å². The minimum Gasteiger partial charge on any atom is -0.491 e. The van der Waals surface area contributed by atoms with Crippen LogP contribution < -0.4 is 14.8 Å². The average Bonchev–Trinajstić information content (AvgIpc) is 3.51. The third kappa shape index (κ3) is 7.45. The highest BCUT2D eigenvalue weighted by molar-refractivity contribution is 7.82. The predicted molar refractivity (Wildman–Crippen MR) is 146 cm³/mol. The molecular formula is C26H28FN5O5S2. The third-order valence-corrected chi connectivity index (χ3v) is 7.00. The summed E-state index contributed by atoms with van der Waals surface area (Å²) < 4.78 is 26.4. The second kappa shape index (κ2) is 12.9. The Bertz CT molecular complexity index is 1430. The lowest BCUT2D eigenvalue weighted by Gasteiger charge is -2.23. The zero-order chi connectivity index (χ0) is 27.9. The topological polar surface area (TPSA) is 128 Å². The lowest BCUT2D eigenvalue weighted by molar-refractivity contribution is -0.142. The summed E-state index contributed by atoms with van der Waals surface area (Å²) in [6.07, 6.45) is 1.68. The van der Waals surface area contributed by atoms with E-state index in [1.54, 1.807) is 36.5 Å². The number of hydrogen-bond donors (Lipinski definition) is 3. The van der Waals surface area contributed by atoms with Gasteiger partial charge in [0.1, 0.15) is 53.5 Å². The van der Waals surface area contributed by atoms with Crippen LogP contribution in [0.15, 0.2) is 53.0 Å². The molecule has 2 aromatic heterocycles. The maximum atomic E-state index is 13.2. The number of rotatable bonds is 13. The highest BCUT2D eigenvalue weighted by atomic mass is 32.2. The predicted octanol–water partition coefficient (Wildman–Crippen LogP) is 4.11. The molecule has 0 fully saturated rings. The SMILES string of the molecule is CC(C)[C@@H](C(=O)N[C@@H](Cc1ccc(OCCF)cc1)C(=O)O)n1cc(COc2ccc3nc(S)sc3c2)nn1. The van der Waals surface area contributed by atoms with E-state index in [2.05, 4.69) is 33.2 Å². The fourth-order valence-electron chi connectivity index (χ4n) is 3.95. The van der Waals surface area contributed by atoms with E-state index in [9.17, 15) is 19.1 Å². The van der Waals surface area contributed by atoms with Gasteiger partial charge >= 0.3 is 5.97 Å². The molecule has 0 spiro atoms. The number of carbonyl (C=O) groups is 2. The van der Waals surface area contributed by atoms with Gasteiger partial charge in [-0.05, 0) is 41.8 Å². The molecule has 2 atom stereocenters. The van der Waals surface area contributed by atoms with E-state index >= 15 is 0 Å². The molecule has 0 saturated carbocycles. The van der Waals surface area contributed by atoms with Crippen LogP contribution in [0.25, 0.3) is 10.2 Å². The second-order valence-corrected chi connectivity index (χ2v) is 10.8. The van der Waals surface area contributed by atoms with Gasteiger partial charge in [0.2, 0.25) is 5.91 Å². The van der Waals surface area contributed by atoms with Crippen LogP contribution in [0.3, 0.4) is 0 Å². The van der Waals surface area contributed by atoms with Gasteiger partial charge in [0, 0.05) is 6.42 Å². The fourth-order valence-corrected chi connectivity index (χ4v) is 5.09. The van der Waals surface area contributed by atoms with Crippen LogP contribution in [-0.2, 0) is 22.6 Å². The summed E-state index contributed by atoms with van der Waals surface area (Å²) in [4.78, 5) is 29.5. The van der Waals surface area contributed by atoms with Gasteiger partial charge in [-0.3, -0.25) is 4.79 Å². The van der Waals surface area contributed by atoms with Crippen molar-refractivity contribution in [2.45, 2.75) is 43.3 Å². The largest absolute Gasteiger partial charge is 0.491 e. The van der Waals surface area contributed by atoms with Gasteiger partial charge in [0.25, 0.3) is 0 Å². The van der Waals surface area contributed by atoms with Crippen LogP contribution in [0, 0.1) is 5.92 Å². The molecule has 4 rings (SSSR count). The number of thiol groups is 1. The number of nitrogens with zero attached hydrogens (tertiary/aromatic N) is 4. The molecule has 2 aromatic carbocycles. The molecule has 1 amide bonds. The summed E-state index contributed by atoms with van der Waals surface area (Å²) in [6, 6.07) is 10.2. The fraction of sp³-hybridized carbons (Fsp3) is 0.346. The molecule has 39 heavy (non-hydrogen) atoms. The highest BCUT2D eigenvalue weighted by Crippen LogP contribution is 2.28. The molecule has 13 heteroatoms. The number of amides is 1. The van der Waals surface area contributed by atoms with Crippen molar-refractivity contribution in [3.63, 3.8) is 0 Å². The van der Waals surface area contributed by atoms with E-state index in [4.69, 9.17) is 9.47 Å². The monoisotopic (exact) mass is 573 g/mol. The van der Waals surface area contributed by atoms with Gasteiger partial charge < -0.3 is 19.9 Å². The number of hydrogen-bond acceptors (Lipinski definition) is 9. The van der Waals surface area contributed by atoms with Gasteiger partial charge in [-0.1, -0.05) is 31.2 Å². The summed E-state index contributed by atoms with van der Waals surface area (Å²) in [6.45, 7) is 3.15. The quantitative estimate of drug-likeness (QED) is 0.204. The number of carboxylic acid groups (broad SMARTS) is 1. The first-order valence-corrected chi connectivity index (χ1v) is 13.4. The number of halogens is 1. The van der Waals surface area contributed by atoms with Gasteiger partial charge in [-0.2, -0.15) is 0 Å². The normalized spacial score (nSPS) is 12.8. The number of thiazole rings is 1. The number of nitrogens with one attached hydrogen (secondary N) is 1. The minimum absolute atomic E-state index is 0.0559. The first kappa shape index (κ1) is 28.3. The Labute approximate surface area is 233 Å².